The average Bonchev–Trinajstić information content (AvgIpc) is 3.76. The molecule has 2 atom stereocenters. The lowest BCUT2D eigenvalue weighted by Gasteiger charge is -2.32. The maximum absolute atomic E-state index is 14.0. The van der Waals surface area contributed by atoms with Gasteiger partial charge in [0.15, 0.2) is 0 Å². The van der Waals surface area contributed by atoms with Gasteiger partial charge in [0.2, 0.25) is 21.8 Å². The van der Waals surface area contributed by atoms with Crippen molar-refractivity contribution in [1.29, 1.82) is 0 Å². The van der Waals surface area contributed by atoms with E-state index >= 15 is 0 Å². The normalized spacial score (nSPS) is 17.9. The van der Waals surface area contributed by atoms with Gasteiger partial charge in [0.1, 0.15) is 6.04 Å². The largest absolute Gasteiger partial charge is 0.376 e. The molecule has 2 aliphatic rings. The summed E-state index contributed by atoms with van der Waals surface area (Å²) in [6.07, 6.45) is 4.13. The van der Waals surface area contributed by atoms with Crippen LogP contribution in [0.1, 0.15) is 54.8 Å². The summed E-state index contributed by atoms with van der Waals surface area (Å²) in [4.78, 5) is 29.6. The summed E-state index contributed by atoms with van der Waals surface area (Å²) in [6, 6.07) is 22.5. The van der Waals surface area contributed by atoms with Gasteiger partial charge in [-0.15, -0.1) is 0 Å². The Labute approximate surface area is 259 Å². The zero-order valence-corrected chi connectivity index (χ0v) is 25.7. The minimum absolute atomic E-state index is 0.0296. The number of nitrogens with one attached hydrogen (secondary N) is 1. The van der Waals surface area contributed by atoms with Crippen LogP contribution in [0.3, 0.4) is 0 Å². The molecular formula is C33H38ClN3O5S. The summed E-state index contributed by atoms with van der Waals surface area (Å²) >= 11 is 6.12. The first-order valence-electron chi connectivity index (χ1n) is 14.9. The SMILES string of the molecule is O=C(NCC1CCCO1)C(c1ccccc1)N(Cc1ccc(Cl)cc1)C(=O)CCc1ccc(S(=O)(=O)N2CCCC2)cc1. The van der Waals surface area contributed by atoms with Crippen molar-refractivity contribution >= 4 is 33.4 Å². The fourth-order valence-electron chi connectivity index (χ4n) is 5.64. The number of hydrogen-bond acceptors (Lipinski definition) is 5. The molecule has 5 rings (SSSR count). The van der Waals surface area contributed by atoms with E-state index in [0.29, 0.717) is 43.2 Å². The molecule has 2 heterocycles. The fraction of sp³-hybridized carbons (Fsp3) is 0.394. The Morgan fingerprint density at radius 2 is 1.60 bits per heavy atom. The highest BCUT2D eigenvalue weighted by Gasteiger charge is 2.32. The predicted molar refractivity (Wildman–Crippen MR) is 166 cm³/mol. The van der Waals surface area contributed by atoms with Crippen LogP contribution in [0.15, 0.2) is 83.8 Å². The van der Waals surface area contributed by atoms with Crippen LogP contribution in [0.2, 0.25) is 5.02 Å². The molecule has 10 heteroatoms. The molecule has 8 nitrogen and oxygen atoms in total. The van der Waals surface area contributed by atoms with Crippen molar-refractivity contribution in [2.75, 3.05) is 26.2 Å². The summed E-state index contributed by atoms with van der Waals surface area (Å²) < 4.78 is 33.1. The van der Waals surface area contributed by atoms with E-state index in [1.165, 1.54) is 4.31 Å². The zero-order chi connectivity index (χ0) is 30.2. The number of hydrogen-bond donors (Lipinski definition) is 1. The molecule has 2 saturated heterocycles. The van der Waals surface area contributed by atoms with Crippen LogP contribution in [-0.2, 0) is 37.3 Å². The molecule has 43 heavy (non-hydrogen) atoms. The Morgan fingerprint density at radius 3 is 2.26 bits per heavy atom. The van der Waals surface area contributed by atoms with E-state index in [4.69, 9.17) is 16.3 Å². The van der Waals surface area contributed by atoms with E-state index in [9.17, 15) is 18.0 Å². The Balaban J connectivity index is 1.35. The fourth-order valence-corrected chi connectivity index (χ4v) is 7.28. The molecule has 0 bridgehead atoms. The Morgan fingerprint density at radius 1 is 0.930 bits per heavy atom. The number of ether oxygens (including phenoxy) is 1. The molecular weight excluding hydrogens is 586 g/mol. The molecule has 2 aliphatic heterocycles. The first kappa shape index (κ1) is 31.2. The third kappa shape index (κ3) is 8.03. The van der Waals surface area contributed by atoms with Crippen LogP contribution >= 0.6 is 11.6 Å². The second kappa shape index (κ2) is 14.5. The van der Waals surface area contributed by atoms with Gasteiger partial charge in [-0.05, 0) is 73.1 Å². The highest BCUT2D eigenvalue weighted by molar-refractivity contribution is 7.89. The van der Waals surface area contributed by atoms with Crippen LogP contribution in [0.25, 0.3) is 0 Å². The van der Waals surface area contributed by atoms with Crippen LogP contribution in [-0.4, -0.2) is 61.8 Å². The zero-order valence-electron chi connectivity index (χ0n) is 24.2. The smallest absolute Gasteiger partial charge is 0.247 e. The van der Waals surface area contributed by atoms with E-state index in [1.807, 2.05) is 42.5 Å². The standard InChI is InChI=1S/C33H38ClN3O5S/c34-28-15-10-26(11-16-28)24-37(32(27-7-2-1-3-8-27)33(39)35-23-29-9-6-22-42-29)31(38)19-14-25-12-17-30(18-13-25)43(40,41)36-20-4-5-21-36/h1-3,7-8,10-13,15-18,29,32H,4-6,9,14,19-24H2,(H,35,39). The molecule has 3 aromatic rings. The summed E-state index contributed by atoms with van der Waals surface area (Å²) in [5.41, 5.74) is 2.41. The van der Waals surface area contributed by atoms with Gasteiger partial charge in [-0.25, -0.2) is 8.42 Å². The molecule has 2 unspecified atom stereocenters. The Kier molecular flexibility index (Phi) is 10.5. The van der Waals surface area contributed by atoms with Crippen molar-refractivity contribution in [2.45, 2.75) is 62.1 Å². The number of carbonyl (C=O) groups excluding carboxylic acids is 2. The predicted octanol–water partition coefficient (Wildman–Crippen LogP) is 5.12. The van der Waals surface area contributed by atoms with E-state index < -0.39 is 16.1 Å². The van der Waals surface area contributed by atoms with E-state index in [0.717, 1.165) is 36.8 Å². The van der Waals surface area contributed by atoms with Gasteiger partial charge in [-0.1, -0.05) is 66.2 Å². The van der Waals surface area contributed by atoms with Crippen molar-refractivity contribution in [2.24, 2.45) is 0 Å². The summed E-state index contributed by atoms with van der Waals surface area (Å²) in [5, 5.41) is 3.62. The van der Waals surface area contributed by atoms with Crippen LogP contribution in [0, 0.1) is 0 Å². The van der Waals surface area contributed by atoms with Gasteiger partial charge in [0.05, 0.1) is 11.0 Å². The van der Waals surface area contributed by atoms with Gasteiger partial charge < -0.3 is 15.0 Å². The molecule has 0 aromatic heterocycles. The van der Waals surface area contributed by atoms with E-state index in [2.05, 4.69) is 5.32 Å². The van der Waals surface area contributed by atoms with Crippen molar-refractivity contribution < 1.29 is 22.7 Å². The first-order valence-corrected chi connectivity index (χ1v) is 16.7. The molecule has 2 amide bonds. The lowest BCUT2D eigenvalue weighted by Crippen LogP contribution is -2.45. The first-order chi connectivity index (χ1) is 20.8. The third-order valence-electron chi connectivity index (χ3n) is 8.04. The van der Waals surface area contributed by atoms with Crippen LogP contribution in [0.4, 0.5) is 0 Å². The van der Waals surface area contributed by atoms with E-state index in [1.54, 1.807) is 41.3 Å². The molecule has 1 N–H and O–H groups in total. The molecule has 0 radical (unpaired) electrons. The van der Waals surface area contributed by atoms with Gasteiger partial charge in [-0.3, -0.25) is 9.59 Å². The van der Waals surface area contributed by atoms with Gasteiger partial charge >= 0.3 is 0 Å². The van der Waals surface area contributed by atoms with Crippen molar-refractivity contribution in [3.05, 3.63) is 101 Å². The number of amides is 2. The van der Waals surface area contributed by atoms with Gasteiger partial charge in [0, 0.05) is 44.2 Å². The number of aryl methyl sites for hydroxylation is 1. The summed E-state index contributed by atoms with van der Waals surface area (Å²) in [7, 11) is -3.51. The highest BCUT2D eigenvalue weighted by Crippen LogP contribution is 2.27. The minimum Gasteiger partial charge on any atom is -0.376 e. The van der Waals surface area contributed by atoms with Crippen LogP contribution in [0.5, 0.6) is 0 Å². The maximum Gasteiger partial charge on any atom is 0.247 e. The lowest BCUT2D eigenvalue weighted by atomic mass is 10.0. The molecule has 3 aromatic carbocycles. The topological polar surface area (TPSA) is 96.0 Å². The van der Waals surface area contributed by atoms with Crippen molar-refractivity contribution in [1.82, 2.24) is 14.5 Å². The molecule has 0 saturated carbocycles. The number of halogens is 1. The Hall–Kier alpha value is -3.24. The van der Waals surface area contributed by atoms with Crippen molar-refractivity contribution in [3.8, 4) is 0 Å². The number of carbonyl (C=O) groups is 2. The lowest BCUT2D eigenvalue weighted by molar-refractivity contribution is -0.141. The number of nitrogens with zero attached hydrogens (tertiary/aromatic N) is 2. The Bertz CT molecular complexity index is 1470. The van der Waals surface area contributed by atoms with E-state index in [-0.39, 0.29) is 35.8 Å². The quantitative estimate of drug-likeness (QED) is 0.302. The van der Waals surface area contributed by atoms with Crippen molar-refractivity contribution in [3.63, 3.8) is 0 Å². The van der Waals surface area contributed by atoms with Gasteiger partial charge in [0.25, 0.3) is 0 Å². The molecule has 0 spiro atoms. The number of benzene rings is 3. The highest BCUT2D eigenvalue weighted by atomic mass is 35.5. The third-order valence-corrected chi connectivity index (χ3v) is 10.2. The number of sulfonamides is 1. The number of rotatable bonds is 12. The maximum atomic E-state index is 14.0. The summed E-state index contributed by atoms with van der Waals surface area (Å²) in [6.45, 7) is 2.39. The second-order valence-electron chi connectivity index (χ2n) is 11.1. The minimum atomic E-state index is -3.51. The second-order valence-corrected chi connectivity index (χ2v) is 13.5. The molecule has 228 valence electrons. The molecule has 0 aliphatic carbocycles. The average molecular weight is 624 g/mol. The monoisotopic (exact) mass is 623 g/mol. The molecule has 2 fully saturated rings. The van der Waals surface area contributed by atoms with Gasteiger partial charge in [-0.2, -0.15) is 4.31 Å². The van der Waals surface area contributed by atoms with Crippen LogP contribution < -0.4 is 5.32 Å². The summed E-state index contributed by atoms with van der Waals surface area (Å²) in [5.74, 6) is -0.453.